The Morgan fingerprint density at radius 1 is 0.939 bits per heavy atom. The number of benzene rings is 2. The van der Waals surface area contributed by atoms with Crippen molar-refractivity contribution in [1.29, 1.82) is 0 Å². The number of rotatable bonds is 6. The van der Waals surface area contributed by atoms with Crippen molar-refractivity contribution in [2.24, 2.45) is 0 Å². The maximum Gasteiger partial charge on any atom is 0.166 e. The molecule has 7 nitrogen and oxygen atoms in total. The zero-order valence-electron chi connectivity index (χ0n) is 18.9. The van der Waals surface area contributed by atoms with E-state index >= 15 is 0 Å². The van der Waals surface area contributed by atoms with Gasteiger partial charge in [0.05, 0.1) is 43.3 Å². The van der Waals surface area contributed by atoms with Gasteiger partial charge < -0.3 is 14.2 Å². The number of Topliss-reactive ketones (excluding diaryl/α,β-unsaturated/α-hetero) is 1. The molecule has 0 saturated carbocycles. The largest absolute Gasteiger partial charge is 0.497 e. The van der Waals surface area contributed by atoms with E-state index in [2.05, 4.69) is 4.98 Å². The Labute approximate surface area is 191 Å². The van der Waals surface area contributed by atoms with Gasteiger partial charge in [-0.3, -0.25) is 4.79 Å². The minimum absolute atomic E-state index is 0.0704. The number of carbonyl (C=O) groups excluding carboxylic acids is 1. The normalized spacial score (nSPS) is 15.5. The number of aromatic nitrogens is 3. The molecule has 1 aliphatic rings. The number of nitrogens with zero attached hydrogens (tertiary/aromatic N) is 3. The first-order valence-corrected chi connectivity index (χ1v) is 10.8. The lowest BCUT2D eigenvalue weighted by Gasteiger charge is -2.24. The predicted molar refractivity (Wildman–Crippen MR) is 124 cm³/mol. The summed E-state index contributed by atoms with van der Waals surface area (Å²) in [5, 5.41) is 4.85. The summed E-state index contributed by atoms with van der Waals surface area (Å²) in [6, 6.07) is 15.7. The summed E-state index contributed by atoms with van der Waals surface area (Å²) in [7, 11) is 4.94. The van der Waals surface area contributed by atoms with Crippen molar-refractivity contribution < 1.29 is 19.0 Å². The first-order valence-electron chi connectivity index (χ1n) is 10.8. The van der Waals surface area contributed by atoms with E-state index in [0.29, 0.717) is 30.7 Å². The highest BCUT2D eigenvalue weighted by Crippen LogP contribution is 2.36. The van der Waals surface area contributed by atoms with Crippen molar-refractivity contribution in [3.8, 4) is 22.6 Å². The zero-order valence-corrected chi connectivity index (χ0v) is 18.9. The fourth-order valence-corrected chi connectivity index (χ4v) is 4.55. The molecular formula is C26H25N3O4. The van der Waals surface area contributed by atoms with E-state index in [1.165, 1.54) is 0 Å². The summed E-state index contributed by atoms with van der Waals surface area (Å²) < 4.78 is 17.8. The fraction of sp³-hybridized carbons (Fsp3) is 0.269. The molecule has 2 aromatic carbocycles. The molecule has 2 heterocycles. The van der Waals surface area contributed by atoms with E-state index in [-0.39, 0.29) is 11.7 Å². The van der Waals surface area contributed by atoms with Crippen molar-refractivity contribution in [2.75, 3.05) is 21.3 Å². The van der Waals surface area contributed by atoms with Crippen LogP contribution >= 0.6 is 0 Å². The molecule has 0 fully saturated rings. The quantitative estimate of drug-likeness (QED) is 0.438. The standard InChI is InChI=1S/C26H25N3O4/c1-31-15-22-25(17-6-10-20(33-3)11-7-17)26-27-14-21-23(29(26)28-22)12-18(13-24(21)30)16-4-8-19(32-2)9-5-16/h4-11,14,18H,12-13,15H2,1-3H3. The number of ketones is 1. The van der Waals surface area contributed by atoms with Gasteiger partial charge in [-0.25, -0.2) is 9.50 Å². The molecule has 33 heavy (non-hydrogen) atoms. The number of methoxy groups -OCH3 is 3. The second-order valence-electron chi connectivity index (χ2n) is 8.14. The molecule has 0 saturated heterocycles. The topological polar surface area (TPSA) is 75.0 Å². The molecule has 0 amide bonds. The van der Waals surface area contributed by atoms with Crippen molar-refractivity contribution in [3.05, 3.63) is 77.2 Å². The second kappa shape index (κ2) is 8.67. The Bertz CT molecular complexity index is 1310. The van der Waals surface area contributed by atoms with Crippen LogP contribution in [0.4, 0.5) is 0 Å². The lowest BCUT2D eigenvalue weighted by molar-refractivity contribution is 0.0962. The maximum atomic E-state index is 13.0. The molecule has 168 valence electrons. The van der Waals surface area contributed by atoms with Gasteiger partial charge >= 0.3 is 0 Å². The van der Waals surface area contributed by atoms with Gasteiger partial charge in [0.2, 0.25) is 0 Å². The molecule has 4 aromatic rings. The van der Waals surface area contributed by atoms with Crippen LogP contribution in [0.5, 0.6) is 11.5 Å². The van der Waals surface area contributed by atoms with Crippen LogP contribution in [0.25, 0.3) is 16.8 Å². The van der Waals surface area contributed by atoms with Crippen LogP contribution in [0.15, 0.2) is 54.7 Å². The Morgan fingerprint density at radius 2 is 1.61 bits per heavy atom. The molecule has 0 N–H and O–H groups in total. The van der Waals surface area contributed by atoms with Crippen LogP contribution in [0.2, 0.25) is 0 Å². The van der Waals surface area contributed by atoms with E-state index in [9.17, 15) is 4.79 Å². The summed E-state index contributed by atoms with van der Waals surface area (Å²) in [5.74, 6) is 1.73. The van der Waals surface area contributed by atoms with Gasteiger partial charge in [0.15, 0.2) is 11.4 Å². The second-order valence-corrected chi connectivity index (χ2v) is 8.14. The van der Waals surface area contributed by atoms with Gasteiger partial charge in [-0.05, 0) is 47.7 Å². The molecule has 0 bridgehead atoms. The highest BCUT2D eigenvalue weighted by molar-refractivity contribution is 5.99. The molecule has 7 heteroatoms. The molecule has 0 radical (unpaired) electrons. The average Bonchev–Trinajstić information content (AvgIpc) is 3.23. The van der Waals surface area contributed by atoms with Gasteiger partial charge in [-0.1, -0.05) is 24.3 Å². The first kappa shape index (κ1) is 21.2. The molecule has 0 aliphatic heterocycles. The van der Waals surface area contributed by atoms with Crippen LogP contribution in [0.3, 0.4) is 0 Å². The molecular weight excluding hydrogens is 418 g/mol. The summed E-state index contributed by atoms with van der Waals surface area (Å²) in [5.41, 5.74) is 6.01. The van der Waals surface area contributed by atoms with Gasteiger partial charge in [0.1, 0.15) is 11.5 Å². The number of hydrogen-bond acceptors (Lipinski definition) is 6. The van der Waals surface area contributed by atoms with Crippen molar-refractivity contribution in [1.82, 2.24) is 14.6 Å². The molecule has 0 spiro atoms. The summed E-state index contributed by atoms with van der Waals surface area (Å²) in [6.07, 6.45) is 2.84. The Balaban J connectivity index is 1.62. The molecule has 1 unspecified atom stereocenters. The van der Waals surface area contributed by atoms with Crippen LogP contribution in [-0.2, 0) is 17.8 Å². The summed E-state index contributed by atoms with van der Waals surface area (Å²) in [4.78, 5) is 17.7. The van der Waals surface area contributed by atoms with Crippen LogP contribution in [0.1, 0.15) is 39.6 Å². The van der Waals surface area contributed by atoms with Gasteiger partial charge in [0.25, 0.3) is 0 Å². The maximum absolute atomic E-state index is 13.0. The van der Waals surface area contributed by atoms with E-state index < -0.39 is 0 Å². The molecule has 1 atom stereocenters. The first-order chi connectivity index (χ1) is 16.1. The number of fused-ring (bicyclic) bond motifs is 3. The third-order valence-electron chi connectivity index (χ3n) is 6.23. The zero-order chi connectivity index (χ0) is 22.9. The predicted octanol–water partition coefficient (Wildman–Crippen LogP) is 4.47. The Hall–Kier alpha value is -3.71. The highest BCUT2D eigenvalue weighted by atomic mass is 16.5. The van der Waals surface area contributed by atoms with Crippen LogP contribution in [0, 0.1) is 0 Å². The molecule has 2 aromatic heterocycles. The third-order valence-corrected chi connectivity index (χ3v) is 6.23. The van der Waals surface area contributed by atoms with Crippen molar-refractivity contribution in [2.45, 2.75) is 25.4 Å². The third kappa shape index (κ3) is 3.74. The van der Waals surface area contributed by atoms with Crippen LogP contribution < -0.4 is 9.47 Å². The minimum atomic E-state index is 0.0704. The minimum Gasteiger partial charge on any atom is -0.497 e. The Morgan fingerprint density at radius 3 is 2.24 bits per heavy atom. The molecule has 1 aliphatic carbocycles. The smallest absolute Gasteiger partial charge is 0.166 e. The SMILES string of the molecule is COCc1nn2c3c(cnc2c1-c1ccc(OC)cc1)C(=O)CC(c1ccc(OC)cc1)C3. The average molecular weight is 444 g/mol. The van der Waals surface area contributed by atoms with Crippen LogP contribution in [-0.4, -0.2) is 41.7 Å². The fourth-order valence-electron chi connectivity index (χ4n) is 4.55. The summed E-state index contributed by atoms with van der Waals surface area (Å²) in [6.45, 7) is 0.343. The van der Waals surface area contributed by atoms with E-state index in [1.54, 1.807) is 27.5 Å². The van der Waals surface area contributed by atoms with E-state index in [4.69, 9.17) is 19.3 Å². The van der Waals surface area contributed by atoms with E-state index in [1.807, 2.05) is 53.0 Å². The molecule has 5 rings (SSSR count). The van der Waals surface area contributed by atoms with Gasteiger partial charge in [0, 0.05) is 19.7 Å². The Kier molecular flexibility index (Phi) is 5.56. The number of ether oxygens (including phenoxy) is 3. The lowest BCUT2D eigenvalue weighted by Crippen LogP contribution is -2.22. The monoisotopic (exact) mass is 443 g/mol. The van der Waals surface area contributed by atoms with Gasteiger partial charge in [-0.2, -0.15) is 5.10 Å². The van der Waals surface area contributed by atoms with Gasteiger partial charge in [-0.15, -0.1) is 0 Å². The van der Waals surface area contributed by atoms with Crippen molar-refractivity contribution in [3.63, 3.8) is 0 Å². The lowest BCUT2D eigenvalue weighted by atomic mass is 9.82. The summed E-state index contributed by atoms with van der Waals surface area (Å²) >= 11 is 0. The van der Waals surface area contributed by atoms with E-state index in [0.717, 1.165) is 39.6 Å². The van der Waals surface area contributed by atoms with Crippen molar-refractivity contribution >= 4 is 11.4 Å². The highest BCUT2D eigenvalue weighted by Gasteiger charge is 2.30. The number of carbonyl (C=O) groups is 1. The number of hydrogen-bond donors (Lipinski definition) is 0.